The molecule has 3 rings (SSSR count). The van der Waals surface area contributed by atoms with E-state index in [2.05, 4.69) is 41.6 Å². The van der Waals surface area contributed by atoms with Gasteiger partial charge in [-0.15, -0.1) is 11.3 Å². The Bertz CT molecular complexity index is 980. The van der Waals surface area contributed by atoms with Gasteiger partial charge in [0.2, 0.25) is 5.91 Å². The number of benzene rings is 1. The van der Waals surface area contributed by atoms with Crippen LogP contribution in [0.25, 0.3) is 11.3 Å². The number of rotatable bonds is 4. The van der Waals surface area contributed by atoms with Gasteiger partial charge in [0.05, 0.1) is 22.8 Å². The highest BCUT2D eigenvalue weighted by atomic mass is 32.1. The number of carbonyl (C=O) groups excluding carboxylic acids is 1. The number of hydrogen-bond donors (Lipinski definition) is 1. The van der Waals surface area contributed by atoms with E-state index < -0.39 is 0 Å². The number of nitrogens with zero attached hydrogens (tertiary/aromatic N) is 3. The van der Waals surface area contributed by atoms with E-state index in [1.807, 2.05) is 30.8 Å². The fraction of sp³-hybridized carbons (Fsp3) is 0.278. The van der Waals surface area contributed by atoms with Crippen LogP contribution >= 0.6 is 23.6 Å². The van der Waals surface area contributed by atoms with E-state index in [1.54, 1.807) is 4.68 Å². The molecule has 0 radical (unpaired) electrons. The predicted octanol–water partition coefficient (Wildman–Crippen LogP) is 4.24. The lowest BCUT2D eigenvalue weighted by Gasteiger charge is -2.10. The van der Waals surface area contributed by atoms with Gasteiger partial charge in [0.1, 0.15) is 6.54 Å². The Morgan fingerprint density at radius 3 is 2.52 bits per heavy atom. The van der Waals surface area contributed by atoms with Gasteiger partial charge in [0.15, 0.2) is 3.95 Å². The van der Waals surface area contributed by atoms with Crippen LogP contribution in [0.15, 0.2) is 29.6 Å². The van der Waals surface area contributed by atoms with Crippen molar-refractivity contribution < 1.29 is 4.79 Å². The second-order valence-corrected chi connectivity index (χ2v) is 7.56. The van der Waals surface area contributed by atoms with Gasteiger partial charge in [0, 0.05) is 12.4 Å². The van der Waals surface area contributed by atoms with Gasteiger partial charge in [-0.25, -0.2) is 0 Å². The van der Waals surface area contributed by atoms with Gasteiger partial charge in [0.25, 0.3) is 0 Å². The first-order valence-electron chi connectivity index (χ1n) is 7.92. The number of aryl methyl sites for hydroxylation is 3. The van der Waals surface area contributed by atoms with E-state index >= 15 is 0 Å². The summed E-state index contributed by atoms with van der Waals surface area (Å²) in [5.41, 5.74) is 5.72. The van der Waals surface area contributed by atoms with Crippen molar-refractivity contribution in [2.75, 3.05) is 5.32 Å². The predicted molar refractivity (Wildman–Crippen MR) is 105 cm³/mol. The van der Waals surface area contributed by atoms with Crippen LogP contribution in [0.4, 0.5) is 5.69 Å². The number of nitrogens with one attached hydrogen (secondary N) is 1. The summed E-state index contributed by atoms with van der Waals surface area (Å²) in [5, 5.41) is 9.30. The number of thiazole rings is 1. The molecule has 0 aliphatic carbocycles. The molecule has 0 atom stereocenters. The van der Waals surface area contributed by atoms with E-state index in [9.17, 15) is 4.79 Å². The van der Waals surface area contributed by atoms with E-state index in [4.69, 9.17) is 12.2 Å². The molecular formula is C18H20N4OS2. The first-order chi connectivity index (χ1) is 11.9. The third kappa shape index (κ3) is 3.57. The minimum atomic E-state index is -0.109. The molecule has 3 aromatic rings. The lowest BCUT2D eigenvalue weighted by atomic mass is 10.1. The fourth-order valence-electron chi connectivity index (χ4n) is 2.71. The molecule has 2 aromatic heterocycles. The minimum absolute atomic E-state index is 0.109. The molecular weight excluding hydrogens is 352 g/mol. The van der Waals surface area contributed by atoms with Crippen molar-refractivity contribution >= 4 is 35.1 Å². The van der Waals surface area contributed by atoms with Crippen LogP contribution in [0.3, 0.4) is 0 Å². The van der Waals surface area contributed by atoms with Crippen LogP contribution in [0.1, 0.15) is 17.0 Å². The second kappa shape index (κ2) is 6.93. The Labute approximate surface area is 155 Å². The van der Waals surface area contributed by atoms with Gasteiger partial charge in [-0.1, -0.05) is 29.8 Å². The summed E-state index contributed by atoms with van der Waals surface area (Å²) in [6.07, 6.45) is 0. The van der Waals surface area contributed by atoms with Crippen molar-refractivity contribution in [1.82, 2.24) is 14.3 Å². The third-order valence-corrected chi connectivity index (χ3v) is 5.48. The monoisotopic (exact) mass is 372 g/mol. The molecule has 0 spiro atoms. The van der Waals surface area contributed by atoms with E-state index in [0.29, 0.717) is 3.95 Å². The second-order valence-electron chi connectivity index (χ2n) is 6.06. The molecule has 0 saturated carbocycles. The Morgan fingerprint density at radius 1 is 1.24 bits per heavy atom. The Balaban J connectivity index is 1.86. The normalized spacial score (nSPS) is 10.9. The number of amides is 1. The van der Waals surface area contributed by atoms with Crippen LogP contribution in [0.5, 0.6) is 0 Å². The fourth-order valence-corrected chi connectivity index (χ4v) is 3.78. The molecule has 25 heavy (non-hydrogen) atoms. The number of anilines is 1. The molecule has 0 bridgehead atoms. The molecule has 2 heterocycles. The van der Waals surface area contributed by atoms with Gasteiger partial charge < -0.3 is 9.88 Å². The summed E-state index contributed by atoms with van der Waals surface area (Å²) in [6.45, 7) is 6.05. The molecule has 0 fully saturated rings. The van der Waals surface area contributed by atoms with Gasteiger partial charge in [-0.2, -0.15) is 5.10 Å². The quantitative estimate of drug-likeness (QED) is 0.697. The van der Waals surface area contributed by atoms with Crippen molar-refractivity contribution in [3.8, 4) is 11.3 Å². The molecule has 0 unspecified atom stereocenters. The SMILES string of the molecule is Cc1ccc(-c2csc(=S)n2CC(=O)Nc2c(C)nn(C)c2C)cc1. The van der Waals surface area contributed by atoms with Gasteiger partial charge in [-0.3, -0.25) is 9.48 Å². The highest BCUT2D eigenvalue weighted by Gasteiger charge is 2.15. The van der Waals surface area contributed by atoms with Crippen LogP contribution in [-0.4, -0.2) is 20.3 Å². The topological polar surface area (TPSA) is 51.9 Å². The summed E-state index contributed by atoms with van der Waals surface area (Å²) in [5.74, 6) is -0.109. The Kier molecular flexibility index (Phi) is 4.87. The third-order valence-electron chi connectivity index (χ3n) is 4.21. The van der Waals surface area contributed by atoms with Crippen molar-refractivity contribution in [3.05, 3.63) is 50.6 Å². The molecule has 130 valence electrons. The summed E-state index contributed by atoms with van der Waals surface area (Å²) in [7, 11) is 1.86. The van der Waals surface area contributed by atoms with Gasteiger partial charge >= 0.3 is 0 Å². The molecule has 1 aromatic carbocycles. The van der Waals surface area contributed by atoms with Crippen molar-refractivity contribution in [2.45, 2.75) is 27.3 Å². The largest absolute Gasteiger partial charge is 0.321 e. The maximum atomic E-state index is 12.6. The van der Waals surface area contributed by atoms with Crippen LogP contribution in [-0.2, 0) is 18.4 Å². The maximum Gasteiger partial charge on any atom is 0.244 e. The van der Waals surface area contributed by atoms with Crippen LogP contribution in [0.2, 0.25) is 0 Å². The lowest BCUT2D eigenvalue weighted by Crippen LogP contribution is -2.20. The molecule has 1 amide bonds. The summed E-state index contributed by atoms with van der Waals surface area (Å²) in [6, 6.07) is 8.22. The first-order valence-corrected chi connectivity index (χ1v) is 9.21. The van der Waals surface area contributed by atoms with Crippen LogP contribution < -0.4 is 5.32 Å². The lowest BCUT2D eigenvalue weighted by molar-refractivity contribution is -0.116. The van der Waals surface area contributed by atoms with Crippen LogP contribution in [0, 0.1) is 24.7 Å². The summed E-state index contributed by atoms with van der Waals surface area (Å²) >= 11 is 6.89. The highest BCUT2D eigenvalue weighted by Crippen LogP contribution is 2.25. The average Bonchev–Trinajstić information content (AvgIpc) is 3.03. The Hall–Kier alpha value is -2.25. The molecule has 0 aliphatic heterocycles. The minimum Gasteiger partial charge on any atom is -0.321 e. The summed E-state index contributed by atoms with van der Waals surface area (Å²) in [4.78, 5) is 12.6. The standard InChI is InChI=1S/C18H20N4OS2/c1-11-5-7-14(8-6-11)15-10-25-18(24)22(15)9-16(23)19-17-12(2)20-21(4)13(17)3/h5-8,10H,9H2,1-4H3,(H,19,23). The zero-order valence-corrected chi connectivity index (χ0v) is 16.3. The molecule has 5 nitrogen and oxygen atoms in total. The van der Waals surface area contributed by atoms with Gasteiger partial charge in [-0.05, 0) is 38.6 Å². The first kappa shape index (κ1) is 17.6. The molecule has 7 heteroatoms. The van der Waals surface area contributed by atoms with E-state index in [-0.39, 0.29) is 12.5 Å². The van der Waals surface area contributed by atoms with E-state index in [1.165, 1.54) is 16.9 Å². The maximum absolute atomic E-state index is 12.6. The molecule has 1 N–H and O–H groups in total. The zero-order chi connectivity index (χ0) is 18.1. The molecule has 0 saturated heterocycles. The number of carbonyl (C=O) groups is 1. The highest BCUT2D eigenvalue weighted by molar-refractivity contribution is 7.73. The smallest absolute Gasteiger partial charge is 0.244 e. The molecule has 0 aliphatic rings. The number of hydrogen-bond acceptors (Lipinski definition) is 4. The average molecular weight is 373 g/mol. The van der Waals surface area contributed by atoms with Crippen molar-refractivity contribution in [3.63, 3.8) is 0 Å². The van der Waals surface area contributed by atoms with E-state index in [0.717, 1.165) is 28.3 Å². The zero-order valence-electron chi connectivity index (χ0n) is 14.7. The summed E-state index contributed by atoms with van der Waals surface area (Å²) < 4.78 is 4.32. The van der Waals surface area contributed by atoms with Crippen molar-refractivity contribution in [1.29, 1.82) is 0 Å². The Morgan fingerprint density at radius 2 is 1.92 bits per heavy atom. The number of aromatic nitrogens is 3. The van der Waals surface area contributed by atoms with Crippen molar-refractivity contribution in [2.24, 2.45) is 7.05 Å².